The number of carboxylic acid groups (broad SMARTS) is 1. The molecule has 0 spiro atoms. The first-order valence-corrected chi connectivity index (χ1v) is 9.93. The third-order valence-corrected chi connectivity index (χ3v) is 4.63. The van der Waals surface area contributed by atoms with Crippen molar-refractivity contribution < 1.29 is 24.3 Å². The van der Waals surface area contributed by atoms with Crippen LogP contribution >= 0.6 is 11.8 Å². The second-order valence-electron chi connectivity index (χ2n) is 6.65. The predicted molar refractivity (Wildman–Crippen MR) is 103 cm³/mol. The molecule has 0 aliphatic carbocycles. The number of anilines is 1. The van der Waals surface area contributed by atoms with Gasteiger partial charge in [0.2, 0.25) is 0 Å². The van der Waals surface area contributed by atoms with E-state index in [2.05, 4.69) is 10.6 Å². The Bertz CT molecular complexity index is 765. The van der Waals surface area contributed by atoms with Gasteiger partial charge in [0.05, 0.1) is 11.1 Å². The van der Waals surface area contributed by atoms with Crippen LogP contribution in [-0.2, 0) is 4.79 Å². The first-order chi connectivity index (χ1) is 12.7. The largest absolute Gasteiger partial charge is 0.480 e. The number of fused-ring (bicyclic) bond motifs is 1. The van der Waals surface area contributed by atoms with Crippen molar-refractivity contribution in [2.24, 2.45) is 5.92 Å². The summed E-state index contributed by atoms with van der Waals surface area (Å²) in [7, 11) is 0. The van der Waals surface area contributed by atoms with Crippen LogP contribution < -0.4 is 10.6 Å². The van der Waals surface area contributed by atoms with Gasteiger partial charge in [-0.1, -0.05) is 13.8 Å². The van der Waals surface area contributed by atoms with Crippen molar-refractivity contribution in [3.05, 3.63) is 29.3 Å². The van der Waals surface area contributed by atoms with Gasteiger partial charge in [-0.3, -0.25) is 14.5 Å². The summed E-state index contributed by atoms with van der Waals surface area (Å²) >= 11 is 1.49. The van der Waals surface area contributed by atoms with Crippen molar-refractivity contribution in [1.29, 1.82) is 0 Å². The number of carboxylic acids is 1. The van der Waals surface area contributed by atoms with Crippen molar-refractivity contribution in [3.63, 3.8) is 0 Å². The number of nitrogens with zero attached hydrogens (tertiary/aromatic N) is 1. The molecular formula is C18H23N3O5S. The van der Waals surface area contributed by atoms with Gasteiger partial charge in [0.25, 0.3) is 11.8 Å². The van der Waals surface area contributed by atoms with Crippen LogP contribution in [0.25, 0.3) is 0 Å². The maximum Gasteiger partial charge on any atom is 0.326 e. The van der Waals surface area contributed by atoms with Crippen LogP contribution in [0.1, 0.15) is 41.0 Å². The first-order valence-electron chi connectivity index (χ1n) is 8.54. The first kappa shape index (κ1) is 20.8. The molecule has 0 bridgehead atoms. The Kier molecular flexibility index (Phi) is 6.84. The molecule has 146 valence electrons. The van der Waals surface area contributed by atoms with Gasteiger partial charge >= 0.3 is 12.0 Å². The minimum Gasteiger partial charge on any atom is -0.480 e. The van der Waals surface area contributed by atoms with Gasteiger partial charge in [-0.15, -0.1) is 0 Å². The fourth-order valence-corrected chi connectivity index (χ4v) is 3.19. The summed E-state index contributed by atoms with van der Waals surface area (Å²) in [4.78, 5) is 49.3. The van der Waals surface area contributed by atoms with E-state index in [1.807, 2.05) is 20.1 Å². The minimum atomic E-state index is -1.11. The monoisotopic (exact) mass is 393 g/mol. The lowest BCUT2D eigenvalue weighted by Gasteiger charge is -2.15. The molecule has 1 aromatic rings. The van der Waals surface area contributed by atoms with E-state index in [0.717, 1.165) is 0 Å². The molecular weight excluding hydrogens is 370 g/mol. The van der Waals surface area contributed by atoms with Gasteiger partial charge in [-0.05, 0) is 42.5 Å². The minimum absolute atomic E-state index is 0.143. The van der Waals surface area contributed by atoms with E-state index in [1.165, 1.54) is 34.9 Å². The van der Waals surface area contributed by atoms with Crippen LogP contribution in [0.2, 0.25) is 0 Å². The number of nitrogens with one attached hydrogen (secondary N) is 2. The molecule has 8 nitrogen and oxygen atoms in total. The van der Waals surface area contributed by atoms with Crippen LogP contribution in [-0.4, -0.2) is 58.4 Å². The molecule has 0 radical (unpaired) electrons. The Morgan fingerprint density at radius 3 is 2.44 bits per heavy atom. The topological polar surface area (TPSA) is 116 Å². The zero-order valence-electron chi connectivity index (χ0n) is 15.4. The zero-order valence-corrected chi connectivity index (χ0v) is 16.3. The molecule has 1 atom stereocenters. The van der Waals surface area contributed by atoms with E-state index in [0.29, 0.717) is 30.0 Å². The van der Waals surface area contributed by atoms with Gasteiger partial charge in [0, 0.05) is 12.2 Å². The molecule has 1 aliphatic heterocycles. The van der Waals surface area contributed by atoms with Crippen molar-refractivity contribution in [3.8, 4) is 0 Å². The Morgan fingerprint density at radius 1 is 1.19 bits per heavy atom. The molecule has 0 fully saturated rings. The lowest BCUT2D eigenvalue weighted by Crippen LogP contribution is -2.43. The predicted octanol–water partition coefficient (Wildman–Crippen LogP) is 2.27. The van der Waals surface area contributed by atoms with E-state index < -0.39 is 23.9 Å². The van der Waals surface area contributed by atoms with Crippen molar-refractivity contribution in [2.75, 3.05) is 23.9 Å². The summed E-state index contributed by atoms with van der Waals surface area (Å²) in [5.41, 5.74) is 0.846. The van der Waals surface area contributed by atoms with Gasteiger partial charge in [0.15, 0.2) is 0 Å². The number of rotatable bonds is 8. The number of aliphatic carboxylic acids is 1. The van der Waals surface area contributed by atoms with Crippen LogP contribution in [0.4, 0.5) is 10.5 Å². The Morgan fingerprint density at radius 2 is 1.85 bits per heavy atom. The number of carbonyl (C=O) groups excluding carboxylic acids is 3. The Balaban J connectivity index is 2.09. The zero-order chi connectivity index (χ0) is 20.1. The number of imide groups is 1. The van der Waals surface area contributed by atoms with Gasteiger partial charge < -0.3 is 15.7 Å². The van der Waals surface area contributed by atoms with Crippen LogP contribution in [0.3, 0.4) is 0 Å². The number of urea groups is 1. The number of amides is 4. The molecule has 2 rings (SSSR count). The average molecular weight is 393 g/mol. The second-order valence-corrected chi connectivity index (χ2v) is 7.63. The van der Waals surface area contributed by atoms with Gasteiger partial charge in [-0.25, -0.2) is 9.59 Å². The highest BCUT2D eigenvalue weighted by Crippen LogP contribution is 2.26. The molecule has 0 saturated heterocycles. The van der Waals surface area contributed by atoms with E-state index in [4.69, 9.17) is 5.11 Å². The van der Waals surface area contributed by atoms with Crippen molar-refractivity contribution in [1.82, 2.24) is 10.2 Å². The average Bonchev–Trinajstić information content (AvgIpc) is 2.82. The number of hydrogen-bond acceptors (Lipinski definition) is 5. The van der Waals surface area contributed by atoms with Crippen LogP contribution in [0.5, 0.6) is 0 Å². The fraction of sp³-hybridized carbons (Fsp3) is 0.444. The Labute approximate surface area is 161 Å². The maximum absolute atomic E-state index is 12.5. The van der Waals surface area contributed by atoms with Gasteiger partial charge in [-0.2, -0.15) is 11.8 Å². The van der Waals surface area contributed by atoms with E-state index in [9.17, 15) is 19.2 Å². The van der Waals surface area contributed by atoms with Crippen LogP contribution in [0.15, 0.2) is 18.2 Å². The third-order valence-electron chi connectivity index (χ3n) is 3.99. The summed E-state index contributed by atoms with van der Waals surface area (Å²) in [6, 6.07) is 2.76. The van der Waals surface area contributed by atoms with Gasteiger partial charge in [0.1, 0.15) is 6.04 Å². The molecule has 1 aromatic carbocycles. The summed E-state index contributed by atoms with van der Waals surface area (Å²) < 4.78 is 0. The normalized spacial score (nSPS) is 14.3. The standard InChI is InChI=1S/C18H23N3O5S/c1-10(2)9-21-15(22)12-5-4-11(8-13(12)16(21)23)19-18(26)20-14(17(24)25)6-7-27-3/h4-5,8,10,14H,6-7,9H2,1-3H3,(H,24,25)(H2,19,20,26). The second kappa shape index (κ2) is 8.90. The third kappa shape index (κ3) is 5.00. The molecule has 9 heteroatoms. The molecule has 27 heavy (non-hydrogen) atoms. The lowest BCUT2D eigenvalue weighted by atomic mass is 10.1. The highest BCUT2D eigenvalue weighted by Gasteiger charge is 2.35. The molecule has 1 heterocycles. The smallest absolute Gasteiger partial charge is 0.326 e. The number of thioether (sulfide) groups is 1. The number of carbonyl (C=O) groups is 4. The van der Waals surface area contributed by atoms with Crippen molar-refractivity contribution in [2.45, 2.75) is 26.3 Å². The van der Waals surface area contributed by atoms with E-state index in [-0.39, 0.29) is 17.4 Å². The Hall–Kier alpha value is -2.55. The molecule has 3 N–H and O–H groups in total. The summed E-state index contributed by atoms with van der Waals surface area (Å²) in [6.07, 6.45) is 2.15. The molecule has 1 unspecified atom stereocenters. The van der Waals surface area contributed by atoms with Crippen molar-refractivity contribution >= 4 is 41.3 Å². The lowest BCUT2D eigenvalue weighted by molar-refractivity contribution is -0.139. The quantitative estimate of drug-likeness (QED) is 0.584. The maximum atomic E-state index is 12.5. The number of benzene rings is 1. The summed E-state index contributed by atoms with van der Waals surface area (Å²) in [5.74, 6) is -1.11. The van der Waals surface area contributed by atoms with Crippen LogP contribution in [0, 0.1) is 5.92 Å². The number of hydrogen-bond donors (Lipinski definition) is 3. The fourth-order valence-electron chi connectivity index (χ4n) is 2.72. The summed E-state index contributed by atoms with van der Waals surface area (Å²) in [5, 5.41) is 14.1. The molecule has 1 aliphatic rings. The molecule has 0 saturated carbocycles. The van der Waals surface area contributed by atoms with E-state index >= 15 is 0 Å². The SMILES string of the molecule is CSCCC(NC(=O)Nc1ccc2c(c1)C(=O)N(CC(C)C)C2=O)C(=O)O. The van der Waals surface area contributed by atoms with E-state index in [1.54, 1.807) is 0 Å². The highest BCUT2D eigenvalue weighted by atomic mass is 32.2. The summed E-state index contributed by atoms with van der Waals surface area (Å²) in [6.45, 7) is 4.15. The molecule has 4 amide bonds. The highest BCUT2D eigenvalue weighted by molar-refractivity contribution is 7.98. The molecule has 0 aromatic heterocycles.